The van der Waals surface area contributed by atoms with E-state index in [1.54, 1.807) is 42.5 Å². The Kier molecular flexibility index (Phi) is 8.79. The maximum Gasteiger partial charge on any atom is 0.255 e. The minimum Gasteiger partial charge on any atom is -0.496 e. The van der Waals surface area contributed by atoms with Gasteiger partial charge in [0.1, 0.15) is 5.75 Å². The molecule has 172 valence electrons. The first-order valence-electron chi connectivity index (χ1n) is 9.74. The van der Waals surface area contributed by atoms with Gasteiger partial charge in [0.15, 0.2) is 0 Å². The zero-order valence-electron chi connectivity index (χ0n) is 17.6. The van der Waals surface area contributed by atoms with Crippen LogP contribution in [0.4, 0.5) is 0 Å². The van der Waals surface area contributed by atoms with Crippen LogP contribution in [0.25, 0.3) is 0 Å². The summed E-state index contributed by atoms with van der Waals surface area (Å²) in [6, 6.07) is 20.6. The van der Waals surface area contributed by atoms with Gasteiger partial charge in [0.2, 0.25) is 10.0 Å². The molecular formula is C23H21Br2N3O4S. The number of nitrogens with one attached hydrogen (secondary N) is 1. The van der Waals surface area contributed by atoms with Crippen LogP contribution in [-0.4, -0.2) is 38.5 Å². The van der Waals surface area contributed by atoms with E-state index in [2.05, 4.69) is 42.4 Å². The van der Waals surface area contributed by atoms with Crippen LogP contribution in [0, 0.1) is 0 Å². The highest BCUT2D eigenvalue weighted by molar-refractivity contribution is 9.10. The van der Waals surface area contributed by atoms with E-state index >= 15 is 0 Å². The van der Waals surface area contributed by atoms with E-state index in [1.807, 2.05) is 18.2 Å². The fourth-order valence-corrected chi connectivity index (χ4v) is 4.98. The quantitative estimate of drug-likeness (QED) is 0.291. The van der Waals surface area contributed by atoms with Crippen LogP contribution in [0.5, 0.6) is 5.75 Å². The van der Waals surface area contributed by atoms with Crippen molar-refractivity contribution in [2.45, 2.75) is 11.4 Å². The first-order valence-corrected chi connectivity index (χ1v) is 12.8. The zero-order valence-corrected chi connectivity index (χ0v) is 21.6. The summed E-state index contributed by atoms with van der Waals surface area (Å²) in [4.78, 5) is 12.7. The molecule has 33 heavy (non-hydrogen) atoms. The predicted molar refractivity (Wildman–Crippen MR) is 135 cm³/mol. The Bertz CT molecular complexity index is 1230. The lowest BCUT2D eigenvalue weighted by molar-refractivity contribution is -0.121. The molecule has 1 N–H and O–H groups in total. The standard InChI is InChI=1S/C23H21Br2N3O4S/c1-32-22-12-11-20(25)13-18(22)14-26-27-23(29)16-28(15-17-7-9-19(24)10-8-17)33(30,31)21-5-3-2-4-6-21/h2-14H,15-16H2,1H3,(H,27,29)/b26-14-. The molecule has 7 nitrogen and oxygen atoms in total. The number of amides is 1. The van der Waals surface area contributed by atoms with Crippen LogP contribution in [0.15, 0.2) is 91.7 Å². The molecule has 3 rings (SSSR count). The highest BCUT2D eigenvalue weighted by Crippen LogP contribution is 2.21. The number of hydrazone groups is 1. The second-order valence-corrected chi connectivity index (χ2v) is 10.7. The number of carbonyl (C=O) groups is 1. The molecule has 10 heteroatoms. The average Bonchev–Trinajstić information content (AvgIpc) is 2.81. The molecule has 3 aromatic rings. The first-order chi connectivity index (χ1) is 15.8. The zero-order chi connectivity index (χ0) is 23.8. The number of hydrogen-bond acceptors (Lipinski definition) is 5. The van der Waals surface area contributed by atoms with E-state index < -0.39 is 22.5 Å². The average molecular weight is 595 g/mol. The van der Waals surface area contributed by atoms with Crippen molar-refractivity contribution in [3.05, 3.63) is 92.9 Å². The maximum atomic E-state index is 13.2. The first kappa shape index (κ1) is 25.1. The smallest absolute Gasteiger partial charge is 0.255 e. The summed E-state index contributed by atoms with van der Waals surface area (Å²) < 4.78 is 34.6. The summed E-state index contributed by atoms with van der Waals surface area (Å²) in [6.07, 6.45) is 1.44. The van der Waals surface area contributed by atoms with Crippen molar-refractivity contribution in [3.8, 4) is 5.75 Å². The molecule has 0 fully saturated rings. The monoisotopic (exact) mass is 593 g/mol. The van der Waals surface area contributed by atoms with Gasteiger partial charge in [-0.25, -0.2) is 13.8 Å². The molecule has 0 aliphatic rings. The number of hydrogen-bond donors (Lipinski definition) is 1. The fourth-order valence-electron chi connectivity index (χ4n) is 2.94. The number of ether oxygens (including phenoxy) is 1. The van der Waals surface area contributed by atoms with Gasteiger partial charge in [-0.3, -0.25) is 4.79 Å². The molecular weight excluding hydrogens is 574 g/mol. The largest absolute Gasteiger partial charge is 0.496 e. The molecule has 0 atom stereocenters. The second-order valence-electron chi connectivity index (χ2n) is 6.89. The van der Waals surface area contributed by atoms with Crippen LogP contribution in [-0.2, 0) is 21.4 Å². The molecule has 0 radical (unpaired) electrons. The minimum atomic E-state index is -3.92. The fraction of sp³-hybridized carbons (Fsp3) is 0.130. The van der Waals surface area contributed by atoms with E-state index in [4.69, 9.17) is 4.74 Å². The molecule has 0 heterocycles. The van der Waals surface area contributed by atoms with Crippen LogP contribution in [0.2, 0.25) is 0 Å². The van der Waals surface area contributed by atoms with Gasteiger partial charge < -0.3 is 4.74 Å². The van der Waals surface area contributed by atoms with Crippen molar-refractivity contribution in [2.75, 3.05) is 13.7 Å². The summed E-state index contributed by atoms with van der Waals surface area (Å²) in [5, 5.41) is 3.96. The van der Waals surface area contributed by atoms with Crippen molar-refractivity contribution < 1.29 is 17.9 Å². The SMILES string of the molecule is COc1ccc(Br)cc1/C=N\NC(=O)CN(Cc1ccc(Br)cc1)S(=O)(=O)c1ccccc1. The van der Waals surface area contributed by atoms with Gasteiger partial charge in [0.05, 0.1) is 24.8 Å². The maximum absolute atomic E-state index is 13.2. The van der Waals surface area contributed by atoms with Crippen LogP contribution in [0.1, 0.15) is 11.1 Å². The topological polar surface area (TPSA) is 88.1 Å². The Morgan fingerprint density at radius 3 is 2.36 bits per heavy atom. The van der Waals surface area contributed by atoms with Gasteiger partial charge in [-0.1, -0.05) is 62.2 Å². The normalized spacial score (nSPS) is 11.6. The lowest BCUT2D eigenvalue weighted by Crippen LogP contribution is -2.39. The van der Waals surface area contributed by atoms with Gasteiger partial charge in [-0.05, 0) is 48.0 Å². The molecule has 0 unspecified atom stereocenters. The van der Waals surface area contributed by atoms with Crippen molar-refractivity contribution in [1.82, 2.24) is 9.73 Å². The Balaban J connectivity index is 1.78. The third-order valence-electron chi connectivity index (χ3n) is 4.56. The third kappa shape index (κ3) is 6.97. The van der Waals surface area contributed by atoms with Crippen molar-refractivity contribution in [1.29, 1.82) is 0 Å². The second kappa shape index (κ2) is 11.6. The number of methoxy groups -OCH3 is 1. The third-order valence-corrected chi connectivity index (χ3v) is 7.39. The number of rotatable bonds is 9. The van der Waals surface area contributed by atoms with Crippen molar-refractivity contribution in [2.24, 2.45) is 5.10 Å². The van der Waals surface area contributed by atoms with E-state index in [-0.39, 0.29) is 11.4 Å². The number of benzene rings is 3. The Morgan fingerprint density at radius 1 is 1.03 bits per heavy atom. The summed E-state index contributed by atoms with van der Waals surface area (Å²) in [5.74, 6) is 0.0107. The lowest BCUT2D eigenvalue weighted by atomic mass is 10.2. The molecule has 1 amide bonds. The molecule has 0 saturated carbocycles. The van der Waals surface area contributed by atoms with Gasteiger partial charge in [0, 0.05) is 21.1 Å². The van der Waals surface area contributed by atoms with E-state index in [0.717, 1.165) is 18.8 Å². The molecule has 0 aromatic heterocycles. The van der Waals surface area contributed by atoms with Gasteiger partial charge >= 0.3 is 0 Å². The molecule has 3 aromatic carbocycles. The number of sulfonamides is 1. The van der Waals surface area contributed by atoms with Crippen LogP contribution < -0.4 is 10.2 Å². The minimum absolute atomic E-state index is 0.0289. The molecule has 0 saturated heterocycles. The van der Waals surface area contributed by atoms with E-state index in [1.165, 1.54) is 25.5 Å². The summed E-state index contributed by atoms with van der Waals surface area (Å²) >= 11 is 6.74. The number of halogens is 2. The van der Waals surface area contributed by atoms with Crippen molar-refractivity contribution in [3.63, 3.8) is 0 Å². The highest BCUT2D eigenvalue weighted by atomic mass is 79.9. The summed E-state index contributed by atoms with van der Waals surface area (Å²) in [5.41, 5.74) is 3.79. The van der Waals surface area contributed by atoms with Gasteiger partial charge in [0.25, 0.3) is 5.91 Å². The van der Waals surface area contributed by atoms with Crippen molar-refractivity contribution >= 4 is 54.0 Å². The summed E-state index contributed by atoms with van der Waals surface area (Å²) in [6.45, 7) is -0.374. The Hall–Kier alpha value is -2.53. The lowest BCUT2D eigenvalue weighted by Gasteiger charge is -2.21. The number of nitrogens with zero attached hydrogens (tertiary/aromatic N) is 2. The van der Waals surface area contributed by atoms with Gasteiger partial charge in [-0.2, -0.15) is 9.41 Å². The predicted octanol–water partition coefficient (Wildman–Crippen LogP) is 4.56. The van der Waals surface area contributed by atoms with Crippen LogP contribution >= 0.6 is 31.9 Å². The Morgan fingerprint density at radius 2 is 1.70 bits per heavy atom. The molecule has 0 bridgehead atoms. The van der Waals surface area contributed by atoms with Crippen LogP contribution in [0.3, 0.4) is 0 Å². The van der Waals surface area contributed by atoms with Gasteiger partial charge in [-0.15, -0.1) is 0 Å². The number of carbonyl (C=O) groups excluding carboxylic acids is 1. The highest BCUT2D eigenvalue weighted by Gasteiger charge is 2.26. The van der Waals surface area contributed by atoms with E-state index in [9.17, 15) is 13.2 Å². The summed E-state index contributed by atoms with van der Waals surface area (Å²) in [7, 11) is -2.38. The molecule has 0 aliphatic heterocycles. The molecule has 0 aliphatic carbocycles. The Labute approximate surface area is 209 Å². The molecule has 0 spiro atoms. The van der Waals surface area contributed by atoms with E-state index in [0.29, 0.717) is 11.3 Å².